The molecule has 1 aromatic heterocycles. The number of aryl methyl sites for hydroxylation is 1. The van der Waals surface area contributed by atoms with Gasteiger partial charge in [0.05, 0.1) is 12.0 Å². The molecule has 18 heavy (non-hydrogen) atoms. The molecule has 0 unspecified atom stereocenters. The van der Waals surface area contributed by atoms with Gasteiger partial charge in [-0.3, -0.25) is 4.79 Å². The van der Waals surface area contributed by atoms with E-state index < -0.39 is 0 Å². The molecule has 0 saturated carbocycles. The highest BCUT2D eigenvalue weighted by atomic mass is 32.1. The van der Waals surface area contributed by atoms with E-state index in [2.05, 4.69) is 14.9 Å². The quantitative estimate of drug-likeness (QED) is 0.913. The van der Waals surface area contributed by atoms with Crippen molar-refractivity contribution in [2.75, 3.05) is 7.11 Å². The smallest absolute Gasteiger partial charge is 0.273 e. The van der Waals surface area contributed by atoms with Gasteiger partial charge >= 0.3 is 0 Å². The second kappa shape index (κ2) is 5.59. The lowest BCUT2D eigenvalue weighted by molar-refractivity contribution is 0.0945. The maximum Gasteiger partial charge on any atom is 0.273 e. The summed E-state index contributed by atoms with van der Waals surface area (Å²) in [6.07, 6.45) is 0. The fraction of sp³-hybridized carbons (Fsp3) is 0.250. The van der Waals surface area contributed by atoms with Crippen LogP contribution < -0.4 is 10.1 Å². The molecule has 0 atom stereocenters. The van der Waals surface area contributed by atoms with E-state index in [0.717, 1.165) is 16.2 Å². The predicted octanol–water partition coefficient (Wildman–Crippen LogP) is 1.79. The van der Waals surface area contributed by atoms with Gasteiger partial charge in [-0.05, 0) is 36.2 Å². The van der Waals surface area contributed by atoms with Crippen LogP contribution in [0.5, 0.6) is 5.75 Å². The maximum atomic E-state index is 11.8. The minimum absolute atomic E-state index is 0.197. The summed E-state index contributed by atoms with van der Waals surface area (Å²) in [5.41, 5.74) is 1.40. The van der Waals surface area contributed by atoms with E-state index in [9.17, 15) is 4.79 Å². The number of hydrogen-bond donors (Lipinski definition) is 1. The van der Waals surface area contributed by atoms with Crippen LogP contribution in [0.2, 0.25) is 0 Å². The summed E-state index contributed by atoms with van der Waals surface area (Å²) in [6.45, 7) is 2.28. The Kier molecular flexibility index (Phi) is 3.88. The summed E-state index contributed by atoms with van der Waals surface area (Å²) >= 11 is 1.22. The normalized spacial score (nSPS) is 10.1. The first kappa shape index (κ1) is 12.5. The van der Waals surface area contributed by atoms with E-state index in [4.69, 9.17) is 4.74 Å². The number of hydrogen-bond acceptors (Lipinski definition) is 5. The van der Waals surface area contributed by atoms with Crippen LogP contribution >= 0.6 is 11.5 Å². The predicted molar refractivity (Wildman–Crippen MR) is 68.8 cm³/mol. The molecule has 0 aliphatic rings. The van der Waals surface area contributed by atoms with Crippen LogP contribution in [0.1, 0.15) is 20.9 Å². The lowest BCUT2D eigenvalue weighted by atomic mass is 10.2. The number of carbonyl (C=O) groups excluding carboxylic acids is 1. The van der Waals surface area contributed by atoms with Gasteiger partial charge < -0.3 is 10.1 Å². The summed E-state index contributed by atoms with van der Waals surface area (Å²) in [4.78, 5) is 12.6. The Morgan fingerprint density at radius 1 is 1.39 bits per heavy atom. The van der Waals surface area contributed by atoms with Crippen molar-refractivity contribution in [3.8, 4) is 5.75 Å². The number of benzene rings is 1. The number of ether oxygens (including phenoxy) is 1. The lowest BCUT2D eigenvalue weighted by Crippen LogP contribution is -2.23. The number of aromatic nitrogens is 2. The van der Waals surface area contributed by atoms with Crippen molar-refractivity contribution >= 4 is 17.4 Å². The van der Waals surface area contributed by atoms with Crippen LogP contribution in [0.4, 0.5) is 0 Å². The zero-order valence-electron chi connectivity index (χ0n) is 10.1. The van der Waals surface area contributed by atoms with E-state index in [1.807, 2.05) is 31.2 Å². The first-order valence-electron chi connectivity index (χ1n) is 5.41. The number of rotatable bonds is 4. The van der Waals surface area contributed by atoms with Crippen molar-refractivity contribution in [1.82, 2.24) is 14.9 Å². The van der Waals surface area contributed by atoms with Gasteiger partial charge in [-0.1, -0.05) is 16.6 Å². The molecule has 0 aliphatic heterocycles. The zero-order valence-corrected chi connectivity index (χ0v) is 11.0. The van der Waals surface area contributed by atoms with Crippen molar-refractivity contribution in [3.05, 3.63) is 40.4 Å². The number of carbonyl (C=O) groups is 1. The molecule has 6 heteroatoms. The van der Waals surface area contributed by atoms with Gasteiger partial charge in [0.2, 0.25) is 0 Å². The Hall–Kier alpha value is -1.95. The standard InChI is InChI=1S/C12H13N3O2S/c1-8-11(14-15-18-8)12(16)13-7-9-3-5-10(17-2)6-4-9/h3-6H,7H2,1-2H3,(H,13,16). The molecule has 0 spiro atoms. The molecule has 0 aliphatic carbocycles. The molecule has 5 nitrogen and oxygen atoms in total. The Labute approximate surface area is 109 Å². The molecular formula is C12H13N3O2S. The van der Waals surface area contributed by atoms with Crippen LogP contribution in [0.25, 0.3) is 0 Å². The first-order valence-corrected chi connectivity index (χ1v) is 6.18. The highest BCUT2D eigenvalue weighted by molar-refractivity contribution is 7.05. The van der Waals surface area contributed by atoms with E-state index in [1.54, 1.807) is 7.11 Å². The molecule has 0 saturated heterocycles. The largest absolute Gasteiger partial charge is 0.497 e. The van der Waals surface area contributed by atoms with Crippen LogP contribution in [0.15, 0.2) is 24.3 Å². The third kappa shape index (κ3) is 2.84. The SMILES string of the molecule is COc1ccc(CNC(=O)c2nnsc2C)cc1. The van der Waals surface area contributed by atoms with Gasteiger partial charge in [0.25, 0.3) is 5.91 Å². The van der Waals surface area contributed by atoms with Gasteiger partial charge in [0, 0.05) is 6.54 Å². The fourth-order valence-corrected chi connectivity index (χ4v) is 1.92. The van der Waals surface area contributed by atoms with E-state index in [0.29, 0.717) is 12.2 Å². The Morgan fingerprint density at radius 3 is 2.67 bits per heavy atom. The average Bonchev–Trinajstić information content (AvgIpc) is 2.83. The Bertz CT molecular complexity index is 537. The van der Waals surface area contributed by atoms with E-state index in [-0.39, 0.29) is 5.91 Å². The maximum absolute atomic E-state index is 11.8. The van der Waals surface area contributed by atoms with Gasteiger partial charge in [0.15, 0.2) is 5.69 Å². The minimum Gasteiger partial charge on any atom is -0.497 e. The summed E-state index contributed by atoms with van der Waals surface area (Å²) in [7, 11) is 1.62. The third-order valence-corrected chi connectivity index (χ3v) is 3.11. The number of amides is 1. The summed E-state index contributed by atoms with van der Waals surface area (Å²) in [5.74, 6) is 0.599. The molecule has 1 heterocycles. The number of methoxy groups -OCH3 is 1. The second-order valence-corrected chi connectivity index (χ2v) is 4.67. The Morgan fingerprint density at radius 2 is 2.11 bits per heavy atom. The Balaban J connectivity index is 1.95. The first-order chi connectivity index (χ1) is 8.70. The topological polar surface area (TPSA) is 64.1 Å². The molecule has 2 rings (SSSR count). The minimum atomic E-state index is -0.197. The lowest BCUT2D eigenvalue weighted by Gasteiger charge is -2.05. The molecule has 1 amide bonds. The molecule has 0 bridgehead atoms. The molecule has 0 radical (unpaired) electrons. The molecule has 1 N–H and O–H groups in total. The fourth-order valence-electron chi connectivity index (χ4n) is 1.45. The molecular weight excluding hydrogens is 250 g/mol. The van der Waals surface area contributed by atoms with Gasteiger partial charge in [-0.15, -0.1) is 5.10 Å². The van der Waals surface area contributed by atoms with E-state index in [1.165, 1.54) is 11.5 Å². The van der Waals surface area contributed by atoms with Crippen LogP contribution in [0, 0.1) is 6.92 Å². The second-order valence-electron chi connectivity index (χ2n) is 3.71. The van der Waals surface area contributed by atoms with Crippen molar-refractivity contribution in [2.45, 2.75) is 13.5 Å². The molecule has 1 aromatic carbocycles. The van der Waals surface area contributed by atoms with Crippen LogP contribution in [-0.4, -0.2) is 22.6 Å². The van der Waals surface area contributed by atoms with Crippen molar-refractivity contribution in [3.63, 3.8) is 0 Å². The molecule has 94 valence electrons. The average molecular weight is 263 g/mol. The van der Waals surface area contributed by atoms with Crippen molar-refractivity contribution in [2.24, 2.45) is 0 Å². The van der Waals surface area contributed by atoms with Crippen LogP contribution in [-0.2, 0) is 6.54 Å². The zero-order chi connectivity index (χ0) is 13.0. The van der Waals surface area contributed by atoms with Gasteiger partial charge in [-0.2, -0.15) is 0 Å². The number of nitrogens with zero attached hydrogens (tertiary/aromatic N) is 2. The third-order valence-electron chi connectivity index (χ3n) is 2.48. The van der Waals surface area contributed by atoms with Gasteiger partial charge in [-0.25, -0.2) is 0 Å². The van der Waals surface area contributed by atoms with Crippen molar-refractivity contribution in [1.29, 1.82) is 0 Å². The summed E-state index contributed by atoms with van der Waals surface area (Å²) < 4.78 is 8.80. The highest BCUT2D eigenvalue weighted by Crippen LogP contribution is 2.12. The van der Waals surface area contributed by atoms with Crippen molar-refractivity contribution < 1.29 is 9.53 Å². The highest BCUT2D eigenvalue weighted by Gasteiger charge is 2.12. The van der Waals surface area contributed by atoms with Gasteiger partial charge in [0.1, 0.15) is 5.75 Å². The van der Waals surface area contributed by atoms with E-state index >= 15 is 0 Å². The van der Waals surface area contributed by atoms with Crippen LogP contribution in [0.3, 0.4) is 0 Å². The summed E-state index contributed by atoms with van der Waals surface area (Å²) in [5, 5.41) is 6.60. The monoisotopic (exact) mass is 263 g/mol. The summed E-state index contributed by atoms with van der Waals surface area (Å²) in [6, 6.07) is 7.53. The molecule has 2 aromatic rings. The number of nitrogens with one attached hydrogen (secondary N) is 1. The molecule has 0 fully saturated rings.